The number of hydrogen-bond acceptors (Lipinski definition) is 3. The Labute approximate surface area is 162 Å². The van der Waals surface area contributed by atoms with Crippen molar-refractivity contribution >= 4 is 11.7 Å². The van der Waals surface area contributed by atoms with Crippen molar-refractivity contribution in [3.05, 3.63) is 71.8 Å². The third-order valence-corrected chi connectivity index (χ3v) is 4.48. The van der Waals surface area contributed by atoms with Gasteiger partial charge >= 0.3 is 0 Å². The molecule has 0 aliphatic heterocycles. The largest absolute Gasteiger partial charge is 0.508 e. The number of rotatable bonds is 7. The van der Waals surface area contributed by atoms with Gasteiger partial charge in [0.15, 0.2) is 0 Å². The lowest BCUT2D eigenvalue weighted by molar-refractivity contribution is -0.129. The molecule has 0 atom stereocenters. The van der Waals surface area contributed by atoms with Crippen LogP contribution in [0.5, 0.6) is 5.75 Å². The van der Waals surface area contributed by atoms with Gasteiger partial charge in [-0.15, -0.1) is 0 Å². The van der Waals surface area contributed by atoms with Crippen LogP contribution in [0.3, 0.4) is 0 Å². The summed E-state index contributed by atoms with van der Waals surface area (Å²) < 4.78 is 5.95. The second kappa shape index (κ2) is 8.76. The normalized spacial score (nSPS) is 11.1. The summed E-state index contributed by atoms with van der Waals surface area (Å²) in [6.07, 6.45) is 0.213. The van der Waals surface area contributed by atoms with E-state index in [1.807, 2.05) is 36.4 Å². The minimum Gasteiger partial charge on any atom is -0.508 e. The average Bonchev–Trinajstić information content (AvgIpc) is 2.61. The highest BCUT2D eigenvalue weighted by Gasteiger charge is 2.19. The summed E-state index contributed by atoms with van der Waals surface area (Å²) in [5, 5.41) is 9.68. The first-order valence-corrected chi connectivity index (χ1v) is 9.12. The van der Waals surface area contributed by atoms with Gasteiger partial charge in [0.05, 0.1) is 13.0 Å². The predicted molar refractivity (Wildman–Crippen MR) is 110 cm³/mol. The van der Waals surface area contributed by atoms with E-state index >= 15 is 0 Å². The fourth-order valence-electron chi connectivity index (χ4n) is 2.88. The summed E-state index contributed by atoms with van der Waals surface area (Å²) in [7, 11) is 1.76. The van der Waals surface area contributed by atoms with Crippen LogP contribution in [0.1, 0.15) is 37.5 Å². The van der Waals surface area contributed by atoms with E-state index in [0.717, 1.165) is 16.9 Å². The molecule has 0 aromatic heterocycles. The molecule has 0 bridgehead atoms. The summed E-state index contributed by atoms with van der Waals surface area (Å²) in [5.41, 5.74) is 2.51. The smallest absolute Gasteiger partial charge is 0.226 e. The summed E-state index contributed by atoms with van der Waals surface area (Å²) >= 11 is 0. The van der Waals surface area contributed by atoms with Gasteiger partial charge in [0.2, 0.25) is 5.91 Å². The number of carbonyl (C=O) groups is 1. The molecule has 2 rings (SSSR count). The van der Waals surface area contributed by atoms with Crippen LogP contribution in [-0.2, 0) is 16.6 Å². The Balaban J connectivity index is 1.94. The van der Waals surface area contributed by atoms with Gasteiger partial charge in [0.25, 0.3) is 0 Å². The SMILES string of the molecule is C=C(O)c1ccccc1CC(=O)N(C)CCOc1ccccc1C(C)(C)C. The van der Waals surface area contributed by atoms with Crippen molar-refractivity contribution in [2.45, 2.75) is 32.6 Å². The molecule has 0 aliphatic rings. The van der Waals surface area contributed by atoms with Gasteiger partial charge in [-0.1, -0.05) is 69.8 Å². The van der Waals surface area contributed by atoms with E-state index < -0.39 is 0 Å². The van der Waals surface area contributed by atoms with Crippen molar-refractivity contribution in [3.63, 3.8) is 0 Å². The van der Waals surface area contributed by atoms with Crippen LogP contribution in [0, 0.1) is 0 Å². The molecule has 2 aromatic rings. The van der Waals surface area contributed by atoms with Crippen LogP contribution in [-0.4, -0.2) is 36.1 Å². The lowest BCUT2D eigenvalue weighted by atomic mass is 9.86. The molecule has 0 unspecified atom stereocenters. The highest BCUT2D eigenvalue weighted by molar-refractivity contribution is 5.80. The summed E-state index contributed by atoms with van der Waals surface area (Å²) in [6.45, 7) is 10.9. The van der Waals surface area contributed by atoms with Crippen LogP contribution < -0.4 is 4.74 Å². The Kier molecular flexibility index (Phi) is 6.67. The second-order valence-corrected chi connectivity index (χ2v) is 7.69. The molecule has 0 saturated carbocycles. The fourth-order valence-corrected chi connectivity index (χ4v) is 2.88. The minimum atomic E-state index is -0.0311. The van der Waals surface area contributed by atoms with Crippen LogP contribution in [0.15, 0.2) is 55.1 Å². The molecular formula is C23H29NO3. The second-order valence-electron chi connectivity index (χ2n) is 7.69. The molecule has 0 heterocycles. The van der Waals surface area contributed by atoms with E-state index in [-0.39, 0.29) is 23.5 Å². The number of likely N-dealkylation sites (N-methyl/N-ethyl adjacent to an activating group) is 1. The molecule has 0 aliphatic carbocycles. The van der Waals surface area contributed by atoms with Crippen molar-refractivity contribution in [1.29, 1.82) is 0 Å². The first kappa shape index (κ1) is 20.6. The number of benzene rings is 2. The third kappa shape index (κ3) is 5.61. The fraction of sp³-hybridized carbons (Fsp3) is 0.348. The minimum absolute atomic E-state index is 0.00524. The molecule has 0 saturated heterocycles. The molecule has 0 spiro atoms. The number of amides is 1. The topological polar surface area (TPSA) is 49.8 Å². The first-order chi connectivity index (χ1) is 12.7. The number of para-hydroxylation sites is 1. The van der Waals surface area contributed by atoms with E-state index in [1.165, 1.54) is 0 Å². The molecule has 4 nitrogen and oxygen atoms in total. The summed E-state index contributed by atoms with van der Waals surface area (Å²) in [6, 6.07) is 15.3. The summed E-state index contributed by atoms with van der Waals surface area (Å²) in [5.74, 6) is 0.798. The molecule has 27 heavy (non-hydrogen) atoms. The number of aliphatic hydroxyl groups is 1. The molecule has 1 N–H and O–H groups in total. The van der Waals surface area contributed by atoms with Crippen molar-refractivity contribution in [1.82, 2.24) is 4.90 Å². The number of hydrogen-bond donors (Lipinski definition) is 1. The molecule has 2 aromatic carbocycles. The average molecular weight is 367 g/mol. The lowest BCUT2D eigenvalue weighted by Gasteiger charge is -2.24. The van der Waals surface area contributed by atoms with Crippen molar-refractivity contribution in [3.8, 4) is 5.75 Å². The van der Waals surface area contributed by atoms with E-state index in [9.17, 15) is 9.90 Å². The molecule has 1 amide bonds. The van der Waals surface area contributed by atoms with Crippen molar-refractivity contribution < 1.29 is 14.6 Å². The first-order valence-electron chi connectivity index (χ1n) is 9.12. The zero-order valence-corrected chi connectivity index (χ0v) is 16.7. The van der Waals surface area contributed by atoms with Gasteiger partial charge in [-0.05, 0) is 22.6 Å². The van der Waals surface area contributed by atoms with Crippen molar-refractivity contribution in [2.75, 3.05) is 20.2 Å². The number of carbonyl (C=O) groups excluding carboxylic acids is 1. The van der Waals surface area contributed by atoms with Gasteiger partial charge in [0, 0.05) is 12.6 Å². The standard InChI is InChI=1S/C23H29NO3/c1-17(25)19-11-7-6-10-18(19)16-22(26)24(5)14-15-27-21-13-9-8-12-20(21)23(2,3)4/h6-13,25H,1,14-16H2,2-5H3. The van der Waals surface area contributed by atoms with Crippen LogP contribution in [0.4, 0.5) is 0 Å². The van der Waals surface area contributed by atoms with Gasteiger partial charge in [0.1, 0.15) is 18.1 Å². The Morgan fingerprint density at radius 2 is 1.74 bits per heavy atom. The molecular weight excluding hydrogens is 338 g/mol. The predicted octanol–water partition coefficient (Wildman–Crippen LogP) is 4.59. The molecule has 0 fully saturated rings. The van der Waals surface area contributed by atoms with E-state index in [4.69, 9.17) is 4.74 Å². The lowest BCUT2D eigenvalue weighted by Crippen LogP contribution is -2.32. The highest BCUT2D eigenvalue weighted by atomic mass is 16.5. The quantitative estimate of drug-likeness (QED) is 0.728. The highest BCUT2D eigenvalue weighted by Crippen LogP contribution is 2.30. The van der Waals surface area contributed by atoms with Gasteiger partial charge in [-0.3, -0.25) is 4.79 Å². The van der Waals surface area contributed by atoms with E-state index in [1.54, 1.807) is 18.0 Å². The number of nitrogens with zero attached hydrogens (tertiary/aromatic N) is 1. The Bertz CT molecular complexity index is 805. The maximum Gasteiger partial charge on any atom is 0.226 e. The Hall–Kier alpha value is -2.75. The van der Waals surface area contributed by atoms with E-state index in [0.29, 0.717) is 18.7 Å². The number of aliphatic hydroxyl groups excluding tert-OH is 1. The van der Waals surface area contributed by atoms with Gasteiger partial charge in [-0.25, -0.2) is 0 Å². The maximum atomic E-state index is 12.5. The monoisotopic (exact) mass is 367 g/mol. The maximum absolute atomic E-state index is 12.5. The van der Waals surface area contributed by atoms with Crippen LogP contribution in [0.25, 0.3) is 5.76 Å². The third-order valence-electron chi connectivity index (χ3n) is 4.48. The summed E-state index contributed by atoms with van der Waals surface area (Å²) in [4.78, 5) is 14.2. The van der Waals surface area contributed by atoms with Gasteiger partial charge < -0.3 is 14.7 Å². The van der Waals surface area contributed by atoms with Crippen LogP contribution in [0.2, 0.25) is 0 Å². The number of ether oxygens (including phenoxy) is 1. The van der Waals surface area contributed by atoms with Crippen LogP contribution >= 0.6 is 0 Å². The Morgan fingerprint density at radius 3 is 2.41 bits per heavy atom. The van der Waals surface area contributed by atoms with E-state index in [2.05, 4.69) is 33.4 Å². The van der Waals surface area contributed by atoms with Crippen molar-refractivity contribution in [2.24, 2.45) is 0 Å². The molecule has 144 valence electrons. The Morgan fingerprint density at radius 1 is 1.11 bits per heavy atom. The van der Waals surface area contributed by atoms with Gasteiger partial charge in [-0.2, -0.15) is 0 Å². The zero-order chi connectivity index (χ0) is 20.0. The zero-order valence-electron chi connectivity index (χ0n) is 16.7. The molecule has 0 radical (unpaired) electrons. The molecule has 4 heteroatoms.